The Hall–Kier alpha value is -1.69. The minimum Gasteiger partial charge on any atom is -0.481 e. The van der Waals surface area contributed by atoms with Gasteiger partial charge in [0.2, 0.25) is 0 Å². The summed E-state index contributed by atoms with van der Waals surface area (Å²) in [4.78, 5) is 30.6. The van der Waals surface area contributed by atoms with E-state index < -0.39 is 5.97 Å². The van der Waals surface area contributed by atoms with Crippen molar-refractivity contribution in [3.8, 4) is 0 Å². The minimum absolute atomic E-state index is 0.132. The summed E-state index contributed by atoms with van der Waals surface area (Å²) in [6, 6.07) is 0. The normalized spacial score (nSPS) is 19.5. The number of fused-ring (bicyclic) bond motifs is 1. The molecule has 0 radical (unpaired) electrons. The Bertz CT molecular complexity index is 645. The largest absolute Gasteiger partial charge is 0.481 e. The number of hydrogen-bond donors (Lipinski definition) is 1. The maximum absolute atomic E-state index is 12.7. The average molecular weight is 319 g/mol. The third kappa shape index (κ3) is 3.47. The van der Waals surface area contributed by atoms with E-state index in [0.717, 1.165) is 62.5 Å². The summed E-state index contributed by atoms with van der Waals surface area (Å²) in [5.74, 6) is 0.0476. The minimum atomic E-state index is -0.683. The first-order valence-electron chi connectivity index (χ1n) is 8.60. The molecule has 2 aliphatic heterocycles. The van der Waals surface area contributed by atoms with Crippen LogP contribution in [-0.2, 0) is 24.2 Å². The van der Waals surface area contributed by atoms with Crippen LogP contribution in [0.2, 0.25) is 0 Å². The summed E-state index contributed by atoms with van der Waals surface area (Å²) < 4.78 is 1.85. The second kappa shape index (κ2) is 6.83. The van der Waals surface area contributed by atoms with E-state index in [1.54, 1.807) is 0 Å². The van der Waals surface area contributed by atoms with Gasteiger partial charge in [-0.25, -0.2) is 4.98 Å². The maximum Gasteiger partial charge on any atom is 0.306 e. The summed E-state index contributed by atoms with van der Waals surface area (Å²) in [7, 11) is 0. The molecule has 23 heavy (non-hydrogen) atoms. The highest BCUT2D eigenvalue weighted by Gasteiger charge is 2.25. The van der Waals surface area contributed by atoms with Gasteiger partial charge in [-0.05, 0) is 52.1 Å². The van der Waals surface area contributed by atoms with Crippen molar-refractivity contribution in [3.05, 3.63) is 27.4 Å². The van der Waals surface area contributed by atoms with Gasteiger partial charge in [0.25, 0.3) is 5.56 Å². The molecule has 1 N–H and O–H groups in total. The number of aryl methyl sites for hydroxylation is 2. The van der Waals surface area contributed by atoms with Gasteiger partial charge in [-0.2, -0.15) is 0 Å². The standard InChI is InChI=1S/C17H25N3O3/c1-12-14(16(21)20-8-3-2-4-15(20)18-12)7-11-19-9-5-13(6-10-19)17(22)23/h13H,2-11H2,1H3,(H,22,23). The lowest BCUT2D eigenvalue weighted by molar-refractivity contribution is -0.143. The number of aliphatic carboxylic acids is 1. The van der Waals surface area contributed by atoms with Crippen LogP contribution < -0.4 is 5.56 Å². The molecule has 1 aromatic rings. The summed E-state index contributed by atoms with van der Waals surface area (Å²) in [5.41, 5.74) is 1.83. The van der Waals surface area contributed by atoms with E-state index in [1.807, 2.05) is 11.5 Å². The molecule has 0 unspecified atom stereocenters. The van der Waals surface area contributed by atoms with Gasteiger partial charge in [-0.3, -0.25) is 14.2 Å². The molecule has 0 bridgehead atoms. The van der Waals surface area contributed by atoms with Crippen LogP contribution in [-0.4, -0.2) is 45.2 Å². The molecule has 2 aliphatic rings. The lowest BCUT2D eigenvalue weighted by atomic mass is 9.97. The van der Waals surface area contributed by atoms with Crippen LogP contribution in [0.5, 0.6) is 0 Å². The SMILES string of the molecule is Cc1nc2n(c(=O)c1CCN1CCC(C(=O)O)CC1)CCCC2. The predicted molar refractivity (Wildman–Crippen MR) is 86.7 cm³/mol. The third-order valence-corrected chi connectivity index (χ3v) is 5.20. The van der Waals surface area contributed by atoms with E-state index in [-0.39, 0.29) is 11.5 Å². The summed E-state index contributed by atoms with van der Waals surface area (Å²) >= 11 is 0. The number of carboxylic acids is 1. The number of hydrogen-bond acceptors (Lipinski definition) is 4. The molecule has 1 saturated heterocycles. The quantitative estimate of drug-likeness (QED) is 0.903. The average Bonchev–Trinajstić information content (AvgIpc) is 2.55. The number of nitrogens with zero attached hydrogens (tertiary/aromatic N) is 3. The Labute approximate surface area is 136 Å². The van der Waals surface area contributed by atoms with E-state index in [1.165, 1.54) is 0 Å². The second-order valence-corrected chi connectivity index (χ2v) is 6.71. The first kappa shape index (κ1) is 16.2. The van der Waals surface area contributed by atoms with Crippen LogP contribution in [0.25, 0.3) is 0 Å². The van der Waals surface area contributed by atoms with E-state index in [9.17, 15) is 9.59 Å². The van der Waals surface area contributed by atoms with Gasteiger partial charge in [0.1, 0.15) is 5.82 Å². The van der Waals surface area contributed by atoms with Crippen molar-refractivity contribution < 1.29 is 9.90 Å². The van der Waals surface area contributed by atoms with Crippen molar-refractivity contribution in [1.29, 1.82) is 0 Å². The van der Waals surface area contributed by atoms with E-state index in [4.69, 9.17) is 5.11 Å². The van der Waals surface area contributed by atoms with Gasteiger partial charge < -0.3 is 10.0 Å². The first-order chi connectivity index (χ1) is 11.1. The van der Waals surface area contributed by atoms with Crippen LogP contribution in [0, 0.1) is 12.8 Å². The molecule has 0 amide bonds. The molecule has 1 aromatic heterocycles. The molecule has 3 heterocycles. The van der Waals surface area contributed by atoms with E-state index in [2.05, 4.69) is 9.88 Å². The number of rotatable bonds is 4. The van der Waals surface area contributed by atoms with Gasteiger partial charge >= 0.3 is 5.97 Å². The van der Waals surface area contributed by atoms with Crippen LogP contribution in [0.4, 0.5) is 0 Å². The zero-order valence-electron chi connectivity index (χ0n) is 13.8. The highest BCUT2D eigenvalue weighted by Crippen LogP contribution is 2.18. The Balaban J connectivity index is 1.65. The van der Waals surface area contributed by atoms with Crippen molar-refractivity contribution >= 4 is 5.97 Å². The van der Waals surface area contributed by atoms with E-state index >= 15 is 0 Å². The Morgan fingerprint density at radius 3 is 2.70 bits per heavy atom. The Kier molecular flexibility index (Phi) is 4.80. The smallest absolute Gasteiger partial charge is 0.306 e. The summed E-state index contributed by atoms with van der Waals surface area (Å²) in [6.45, 7) is 5.14. The number of aromatic nitrogens is 2. The van der Waals surface area contributed by atoms with Crippen molar-refractivity contribution in [2.24, 2.45) is 5.92 Å². The highest BCUT2D eigenvalue weighted by atomic mass is 16.4. The molecule has 0 aliphatic carbocycles. The Morgan fingerprint density at radius 1 is 1.26 bits per heavy atom. The zero-order valence-corrected chi connectivity index (χ0v) is 13.8. The fourth-order valence-corrected chi connectivity index (χ4v) is 3.69. The molecular formula is C17H25N3O3. The van der Waals surface area contributed by atoms with Crippen molar-refractivity contribution in [2.45, 2.75) is 52.0 Å². The van der Waals surface area contributed by atoms with Gasteiger partial charge in [0, 0.05) is 30.8 Å². The van der Waals surface area contributed by atoms with Crippen LogP contribution in [0.1, 0.15) is 42.8 Å². The summed E-state index contributed by atoms with van der Waals surface area (Å²) in [5, 5.41) is 9.05. The third-order valence-electron chi connectivity index (χ3n) is 5.20. The first-order valence-corrected chi connectivity index (χ1v) is 8.60. The van der Waals surface area contributed by atoms with Crippen molar-refractivity contribution in [1.82, 2.24) is 14.5 Å². The molecule has 0 aromatic carbocycles. The predicted octanol–water partition coefficient (Wildman–Crippen LogP) is 1.23. The lowest BCUT2D eigenvalue weighted by Gasteiger charge is -2.30. The number of piperidine rings is 1. The van der Waals surface area contributed by atoms with Gasteiger partial charge in [-0.15, -0.1) is 0 Å². The maximum atomic E-state index is 12.7. The zero-order chi connectivity index (χ0) is 16.4. The molecule has 6 nitrogen and oxygen atoms in total. The molecule has 6 heteroatoms. The fourth-order valence-electron chi connectivity index (χ4n) is 3.69. The van der Waals surface area contributed by atoms with Gasteiger partial charge in [-0.1, -0.05) is 0 Å². The van der Waals surface area contributed by atoms with Gasteiger partial charge in [0.15, 0.2) is 0 Å². The van der Waals surface area contributed by atoms with Gasteiger partial charge in [0.05, 0.1) is 5.92 Å². The molecule has 0 saturated carbocycles. The topological polar surface area (TPSA) is 75.4 Å². The summed E-state index contributed by atoms with van der Waals surface area (Å²) in [6.07, 6.45) is 5.18. The van der Waals surface area contributed by atoms with Crippen LogP contribution in [0.3, 0.4) is 0 Å². The van der Waals surface area contributed by atoms with Crippen molar-refractivity contribution in [2.75, 3.05) is 19.6 Å². The number of carbonyl (C=O) groups is 1. The van der Waals surface area contributed by atoms with E-state index in [0.29, 0.717) is 19.3 Å². The highest BCUT2D eigenvalue weighted by molar-refractivity contribution is 5.70. The lowest BCUT2D eigenvalue weighted by Crippen LogP contribution is -2.39. The molecular weight excluding hydrogens is 294 g/mol. The molecule has 3 rings (SSSR count). The molecule has 0 atom stereocenters. The number of carboxylic acid groups (broad SMARTS) is 1. The Morgan fingerprint density at radius 2 is 2.00 bits per heavy atom. The van der Waals surface area contributed by atoms with Crippen molar-refractivity contribution in [3.63, 3.8) is 0 Å². The van der Waals surface area contributed by atoms with Crippen LogP contribution >= 0.6 is 0 Å². The molecule has 126 valence electrons. The molecule has 1 fully saturated rings. The number of likely N-dealkylation sites (tertiary alicyclic amines) is 1. The fraction of sp³-hybridized carbons (Fsp3) is 0.706. The van der Waals surface area contributed by atoms with Crippen LogP contribution in [0.15, 0.2) is 4.79 Å². The monoisotopic (exact) mass is 319 g/mol. The second-order valence-electron chi connectivity index (χ2n) is 6.71. The molecule has 0 spiro atoms.